The van der Waals surface area contributed by atoms with Crippen LogP contribution in [0.15, 0.2) is 0 Å². The Kier molecular flexibility index (Phi) is 18.8. The molecule has 0 atom stereocenters. The van der Waals surface area contributed by atoms with Crippen LogP contribution >= 0.6 is 0 Å². The van der Waals surface area contributed by atoms with Crippen molar-refractivity contribution in [3.8, 4) is 0 Å². The molecule has 0 aliphatic carbocycles. The molecule has 0 aromatic rings. The van der Waals surface area contributed by atoms with E-state index < -0.39 is 6.47 Å². The molecule has 4 heteroatoms. The first-order chi connectivity index (χ1) is 10.0. The summed E-state index contributed by atoms with van der Waals surface area (Å²) in [5, 5.41) is 17.2. The van der Waals surface area contributed by atoms with Crippen LogP contribution in [0.2, 0.25) is 0 Å². The van der Waals surface area contributed by atoms with Gasteiger partial charge in [-0.15, -0.1) is 0 Å². The van der Waals surface area contributed by atoms with Crippen LogP contribution < -0.4 is 5.11 Å². The summed E-state index contributed by atoms with van der Waals surface area (Å²) in [5.41, 5.74) is 0. The summed E-state index contributed by atoms with van der Waals surface area (Å²) in [6.07, 6.45) is 14.0. The largest absolute Gasteiger partial charge is 0.554 e. The number of unbranched alkanes of at least 4 members (excludes halogenated alkanes) is 9. The van der Waals surface area contributed by atoms with Crippen molar-refractivity contribution in [2.75, 3.05) is 33.8 Å². The van der Waals surface area contributed by atoms with Crippen LogP contribution in [0.4, 0.5) is 0 Å². The van der Waals surface area contributed by atoms with Crippen molar-refractivity contribution in [3.63, 3.8) is 0 Å². The summed E-state index contributed by atoms with van der Waals surface area (Å²) < 4.78 is 0.966. The number of carbonyl (C=O) groups excluding carboxylic acids is 1. The number of likely N-dealkylation sites (N-methyl/N-ethyl adjacent to an activating group) is 1. The third-order valence-electron chi connectivity index (χ3n) is 3.82. The topological polar surface area (TPSA) is 60.4 Å². The average Bonchev–Trinajstić information content (AvgIpc) is 2.41. The Balaban J connectivity index is 0. The Morgan fingerprint density at radius 2 is 1.24 bits per heavy atom. The molecular weight excluding hydrogens is 266 g/mol. The van der Waals surface area contributed by atoms with E-state index in [1.54, 1.807) is 0 Å². The van der Waals surface area contributed by atoms with Gasteiger partial charge in [0.15, 0.2) is 0 Å². The summed E-state index contributed by atoms with van der Waals surface area (Å²) in [4.78, 5) is 8.25. The minimum atomic E-state index is -0.500. The van der Waals surface area contributed by atoms with E-state index in [-0.39, 0.29) is 0 Å². The maximum absolute atomic E-state index is 8.95. The summed E-state index contributed by atoms with van der Waals surface area (Å²) in [6, 6.07) is 0. The average molecular weight is 303 g/mol. The highest BCUT2D eigenvalue weighted by atomic mass is 16.3. The lowest BCUT2D eigenvalue weighted by Gasteiger charge is -2.28. The number of hydrogen-bond donors (Lipinski definition) is 1. The zero-order valence-corrected chi connectivity index (χ0v) is 14.5. The van der Waals surface area contributed by atoms with Crippen molar-refractivity contribution in [3.05, 3.63) is 0 Å². The second kappa shape index (κ2) is 17.4. The minimum Gasteiger partial charge on any atom is -0.554 e. The highest BCUT2D eigenvalue weighted by Crippen LogP contribution is 2.11. The highest BCUT2D eigenvalue weighted by molar-refractivity contribution is 5.29. The number of quaternary nitrogens is 1. The van der Waals surface area contributed by atoms with E-state index >= 15 is 0 Å². The third-order valence-corrected chi connectivity index (χ3v) is 3.82. The summed E-state index contributed by atoms with van der Waals surface area (Å²) in [5.74, 6) is 0. The van der Waals surface area contributed by atoms with Crippen LogP contribution in [0.5, 0.6) is 0 Å². The van der Waals surface area contributed by atoms with Gasteiger partial charge in [-0.05, 0) is 12.8 Å². The van der Waals surface area contributed by atoms with E-state index in [1.165, 1.54) is 70.8 Å². The molecule has 0 radical (unpaired) electrons. The molecule has 0 saturated carbocycles. The number of rotatable bonds is 13. The molecule has 0 bridgehead atoms. The quantitative estimate of drug-likeness (QED) is 0.323. The molecule has 1 N–H and O–H groups in total. The molecule has 0 aromatic carbocycles. The molecule has 21 heavy (non-hydrogen) atoms. The number of carbonyl (C=O) groups is 1. The van der Waals surface area contributed by atoms with E-state index in [9.17, 15) is 0 Å². The van der Waals surface area contributed by atoms with Crippen LogP contribution in [-0.4, -0.2) is 49.9 Å². The van der Waals surface area contributed by atoms with Gasteiger partial charge in [0, 0.05) is 6.47 Å². The number of hydrogen-bond acceptors (Lipinski definition) is 3. The van der Waals surface area contributed by atoms with E-state index in [4.69, 9.17) is 15.0 Å². The monoisotopic (exact) mass is 303 g/mol. The molecular formula is C17H37NO3. The molecule has 0 spiro atoms. The lowest BCUT2D eigenvalue weighted by atomic mass is 10.1. The smallest absolute Gasteiger partial charge is 0.102 e. The van der Waals surface area contributed by atoms with Crippen molar-refractivity contribution >= 4 is 6.47 Å². The van der Waals surface area contributed by atoms with Crippen LogP contribution in [0.1, 0.15) is 71.1 Å². The number of aliphatic hydroxyl groups is 1. The Hall–Kier alpha value is -0.610. The fourth-order valence-electron chi connectivity index (χ4n) is 2.41. The Morgan fingerprint density at radius 1 is 0.857 bits per heavy atom. The zero-order chi connectivity index (χ0) is 16.4. The van der Waals surface area contributed by atoms with Gasteiger partial charge in [0.2, 0.25) is 0 Å². The van der Waals surface area contributed by atoms with Crippen LogP contribution in [0.25, 0.3) is 0 Å². The molecule has 128 valence electrons. The first kappa shape index (κ1) is 22.7. The maximum atomic E-state index is 8.95. The molecule has 0 heterocycles. The highest BCUT2D eigenvalue weighted by Gasteiger charge is 2.12. The van der Waals surface area contributed by atoms with Crippen LogP contribution in [-0.2, 0) is 4.79 Å². The van der Waals surface area contributed by atoms with E-state index in [0.29, 0.717) is 6.61 Å². The van der Waals surface area contributed by atoms with Gasteiger partial charge in [-0.1, -0.05) is 58.3 Å². The number of nitrogens with zero attached hydrogens (tertiary/aromatic N) is 1. The second-order valence-electron chi connectivity index (χ2n) is 6.38. The minimum absolute atomic E-state index is 0.310. The molecule has 0 unspecified atom stereocenters. The van der Waals surface area contributed by atoms with E-state index in [1.807, 2.05) is 0 Å². The normalized spacial score (nSPS) is 10.9. The van der Waals surface area contributed by atoms with Crippen LogP contribution in [0, 0.1) is 0 Å². The lowest BCUT2D eigenvalue weighted by molar-refractivity contribution is -0.890. The predicted molar refractivity (Wildman–Crippen MR) is 86.8 cm³/mol. The zero-order valence-electron chi connectivity index (χ0n) is 14.5. The van der Waals surface area contributed by atoms with Crippen molar-refractivity contribution in [2.24, 2.45) is 0 Å². The van der Waals surface area contributed by atoms with Crippen molar-refractivity contribution in [1.29, 1.82) is 0 Å². The molecule has 0 fully saturated rings. The van der Waals surface area contributed by atoms with E-state index in [2.05, 4.69) is 21.0 Å². The van der Waals surface area contributed by atoms with Crippen molar-refractivity contribution < 1.29 is 19.5 Å². The van der Waals surface area contributed by atoms with Gasteiger partial charge < -0.3 is 19.5 Å². The fraction of sp³-hybridized carbons (Fsp3) is 0.941. The molecule has 0 aromatic heterocycles. The Bertz CT molecular complexity index is 208. The maximum Gasteiger partial charge on any atom is 0.102 e. The Labute approximate surface area is 131 Å². The molecule has 0 rings (SSSR count). The molecule has 0 aliphatic heterocycles. The standard InChI is InChI=1S/C16H36NO.CH2O2/c1-4-5-6-7-8-9-10-11-12-13-14-17(2,3)15-16-18;2-1-3/h18H,4-16H2,1-3H3;1H,(H,2,3)/q+1;/p-1. The van der Waals surface area contributed by atoms with Gasteiger partial charge in [0.25, 0.3) is 0 Å². The van der Waals surface area contributed by atoms with Crippen LogP contribution in [0.3, 0.4) is 0 Å². The van der Waals surface area contributed by atoms with Gasteiger partial charge in [-0.3, -0.25) is 0 Å². The third kappa shape index (κ3) is 21.8. The van der Waals surface area contributed by atoms with Gasteiger partial charge in [-0.25, -0.2) is 0 Å². The van der Waals surface area contributed by atoms with Gasteiger partial charge in [-0.2, -0.15) is 0 Å². The predicted octanol–water partition coefficient (Wildman–Crippen LogP) is 2.34. The number of carboxylic acid groups (broad SMARTS) is 1. The van der Waals surface area contributed by atoms with Crippen molar-refractivity contribution in [2.45, 2.75) is 71.1 Å². The van der Waals surface area contributed by atoms with Gasteiger partial charge in [0.05, 0.1) is 27.2 Å². The first-order valence-electron chi connectivity index (χ1n) is 8.52. The first-order valence-corrected chi connectivity index (χ1v) is 8.52. The molecule has 0 saturated heterocycles. The van der Waals surface area contributed by atoms with Gasteiger partial charge >= 0.3 is 0 Å². The lowest BCUT2D eigenvalue weighted by Crippen LogP contribution is -2.42. The second-order valence-corrected chi connectivity index (χ2v) is 6.38. The summed E-state index contributed by atoms with van der Waals surface area (Å²) >= 11 is 0. The van der Waals surface area contributed by atoms with E-state index in [0.717, 1.165) is 11.0 Å². The Morgan fingerprint density at radius 3 is 1.62 bits per heavy atom. The molecule has 4 nitrogen and oxygen atoms in total. The summed E-state index contributed by atoms with van der Waals surface area (Å²) in [6.45, 7) is 4.18. The van der Waals surface area contributed by atoms with Gasteiger partial charge in [0.1, 0.15) is 6.54 Å². The molecule has 0 aliphatic rings. The summed E-state index contributed by atoms with van der Waals surface area (Å²) in [7, 11) is 4.42. The number of aliphatic hydroxyl groups excluding tert-OH is 1. The SMILES string of the molecule is CCCCCCCCCCCC[N+](C)(C)CCO.O=C[O-]. The van der Waals surface area contributed by atoms with Crippen molar-refractivity contribution in [1.82, 2.24) is 0 Å². The fourth-order valence-corrected chi connectivity index (χ4v) is 2.41. The molecule has 0 amide bonds.